The molecule has 0 radical (unpaired) electrons. The maximum atomic E-state index is 10.3. The molecule has 0 aliphatic heterocycles. The van der Waals surface area contributed by atoms with Crippen LogP contribution in [0.2, 0.25) is 17.7 Å². The van der Waals surface area contributed by atoms with Gasteiger partial charge < -0.3 is 39.6 Å². The second-order valence-electron chi connectivity index (χ2n) is 37.7. The number of carboxylic acids is 4. The monoisotopic (exact) mass is 1940 g/mol. The van der Waals surface area contributed by atoms with Crippen molar-refractivity contribution < 1.29 is 39.6 Å². The SMILES string of the molecule is CCCCCCCCCCCCCCCCCC(=O)[O-].CCCCCCCCCCCCCCCCCC(=O)[O-].CCCCCCCCCCCCCCCCCCCCCC(=O)[O-].CCCCCCCCCCCCCCCCCCCCCC(=O)[O-].CCCCCCC[CH2][Sn+2][CH2]CCCCCCC.CCCCCCC[CH2][Sn+2][CH2]CCCCCCC. The summed E-state index contributed by atoms with van der Waals surface area (Å²) in [6.07, 6.45) is 127. The van der Waals surface area contributed by atoms with Crippen molar-refractivity contribution in [3.63, 3.8) is 0 Å². The number of aliphatic carboxylic acids is 4. The second-order valence-corrected chi connectivity index (χ2v) is 46.2. The van der Waals surface area contributed by atoms with Crippen molar-refractivity contribution in [3.8, 4) is 0 Å². The molecule has 0 aromatic rings. The molecule has 0 spiro atoms. The van der Waals surface area contributed by atoms with E-state index in [-0.39, 0.29) is 68.0 Å². The standard InChI is InChI=1S/2C22H44O2.2C18H36O2.4C8H17.2Sn/c2*1-2-3-4-5-6-7-8-9-10-11-12-13-14-15-16-17-18-19-20-21-22(23)24;2*1-2-3-4-5-6-7-8-9-10-11-12-13-14-15-16-17-18(19)20;4*1-3-5-7-8-6-4-2;;/h2*2-21H2,1H3,(H,23,24);2*2-17H2,1H3,(H,19,20);4*1,3-8H2,2H3;;/q;;;;;;;;2*+2/p-4. The zero-order valence-corrected chi connectivity index (χ0v) is 90.7. The summed E-state index contributed by atoms with van der Waals surface area (Å²) in [4.78, 5) is 41.0. The molecule has 122 heavy (non-hydrogen) atoms. The van der Waals surface area contributed by atoms with Crippen LogP contribution in [-0.4, -0.2) is 66.2 Å². The molecule has 0 rings (SSSR count). The van der Waals surface area contributed by atoms with Gasteiger partial charge in [-0.05, 0) is 51.4 Å². The fraction of sp³-hybridized carbons (Fsp3) is 0.964. The van der Waals surface area contributed by atoms with Gasteiger partial charge in [0.05, 0.1) is 0 Å². The van der Waals surface area contributed by atoms with Gasteiger partial charge in [-0.1, -0.05) is 439 Å². The molecule has 0 aromatic heterocycles. The Balaban J connectivity index is -0.000000333. The van der Waals surface area contributed by atoms with Gasteiger partial charge in [0.25, 0.3) is 0 Å². The molecule has 728 valence electrons. The number of hydrogen-bond donors (Lipinski definition) is 0. The summed E-state index contributed by atoms with van der Waals surface area (Å²) in [5.74, 6) is -3.61. The van der Waals surface area contributed by atoms with Gasteiger partial charge >= 0.3 is 242 Å². The quantitative estimate of drug-likeness (QED) is 0.0430. The number of hydrogen-bond acceptors (Lipinski definition) is 8. The average molecular weight is 1940 g/mol. The molecule has 0 saturated heterocycles. The van der Waals surface area contributed by atoms with E-state index in [0.29, 0.717) is 0 Å². The van der Waals surface area contributed by atoms with Crippen molar-refractivity contribution in [1.82, 2.24) is 0 Å². The molecular formula is C112H224O8Sn2. The number of carbonyl (C=O) groups is 4. The van der Waals surface area contributed by atoms with Gasteiger partial charge in [0.15, 0.2) is 0 Å². The molecule has 0 aliphatic rings. The van der Waals surface area contributed by atoms with Crippen molar-refractivity contribution in [2.45, 2.75) is 690 Å². The first-order chi connectivity index (χ1) is 59.9. The molecule has 0 bridgehead atoms. The van der Waals surface area contributed by atoms with E-state index in [1.807, 2.05) is 0 Å². The molecule has 10 heteroatoms. The normalized spacial score (nSPS) is 10.8. The summed E-state index contributed by atoms with van der Waals surface area (Å²) in [5.41, 5.74) is 0. The number of carboxylic acid groups (broad SMARTS) is 4. The topological polar surface area (TPSA) is 161 Å². The van der Waals surface area contributed by atoms with Crippen LogP contribution in [0.3, 0.4) is 0 Å². The van der Waals surface area contributed by atoms with Crippen LogP contribution >= 0.6 is 0 Å². The second kappa shape index (κ2) is 134. The van der Waals surface area contributed by atoms with Crippen molar-refractivity contribution in [2.24, 2.45) is 0 Å². The molecule has 0 N–H and O–H groups in total. The zero-order valence-electron chi connectivity index (χ0n) is 85.0. The first-order valence-corrected chi connectivity index (χ1v) is 64.2. The third-order valence-electron chi connectivity index (χ3n) is 24.8. The van der Waals surface area contributed by atoms with E-state index in [4.69, 9.17) is 0 Å². The van der Waals surface area contributed by atoms with Crippen LogP contribution in [0.15, 0.2) is 0 Å². The molecule has 0 aromatic carbocycles. The molecule has 0 saturated carbocycles. The fourth-order valence-electron chi connectivity index (χ4n) is 16.3. The predicted molar refractivity (Wildman–Crippen MR) is 539 cm³/mol. The van der Waals surface area contributed by atoms with E-state index in [2.05, 4.69) is 55.4 Å². The van der Waals surface area contributed by atoms with Gasteiger partial charge in [-0.25, -0.2) is 0 Å². The van der Waals surface area contributed by atoms with Crippen LogP contribution in [0, 0.1) is 0 Å². The van der Waals surface area contributed by atoms with E-state index in [9.17, 15) is 39.6 Å². The number of rotatable bonds is 100. The van der Waals surface area contributed by atoms with Crippen molar-refractivity contribution >= 4 is 66.2 Å². The van der Waals surface area contributed by atoms with E-state index in [1.54, 1.807) is 43.4 Å². The Morgan fingerprint density at radius 2 is 0.197 bits per heavy atom. The summed E-state index contributed by atoms with van der Waals surface area (Å²) in [7, 11) is 0. The Morgan fingerprint density at radius 3 is 0.279 bits per heavy atom. The van der Waals surface area contributed by atoms with E-state index in [1.165, 1.54) is 514 Å². The molecule has 8 nitrogen and oxygen atoms in total. The Labute approximate surface area is 789 Å². The van der Waals surface area contributed by atoms with E-state index >= 15 is 0 Å². The molecule has 0 atom stereocenters. The van der Waals surface area contributed by atoms with Crippen molar-refractivity contribution in [1.29, 1.82) is 0 Å². The first kappa shape index (κ1) is 132. The van der Waals surface area contributed by atoms with Crippen LogP contribution < -0.4 is 20.4 Å². The zero-order chi connectivity index (χ0) is 90.4. The molecule has 0 heterocycles. The summed E-state index contributed by atoms with van der Waals surface area (Å²) in [5, 5.41) is 41.0. The number of carbonyl (C=O) groups excluding carboxylic acids is 4. The van der Waals surface area contributed by atoms with Crippen LogP contribution in [0.4, 0.5) is 0 Å². The van der Waals surface area contributed by atoms with E-state index in [0.717, 1.165) is 51.4 Å². The fourth-order valence-corrected chi connectivity index (χ4v) is 23.5. The Morgan fingerprint density at radius 1 is 0.123 bits per heavy atom. The van der Waals surface area contributed by atoms with Gasteiger partial charge in [0.2, 0.25) is 0 Å². The van der Waals surface area contributed by atoms with Gasteiger partial charge in [-0.2, -0.15) is 0 Å². The third-order valence-corrected chi connectivity index (χ3v) is 32.8. The minimum atomic E-state index is -0.903. The van der Waals surface area contributed by atoms with Gasteiger partial charge in [0, 0.05) is 23.9 Å². The third kappa shape index (κ3) is 157. The Bertz CT molecular complexity index is 1650. The van der Waals surface area contributed by atoms with Gasteiger partial charge in [-0.15, -0.1) is 0 Å². The van der Waals surface area contributed by atoms with Crippen molar-refractivity contribution in [3.05, 3.63) is 0 Å². The van der Waals surface area contributed by atoms with Gasteiger partial charge in [-0.3, -0.25) is 0 Å². The first-order valence-electron chi connectivity index (χ1n) is 56.1. The molecule has 0 aliphatic carbocycles. The summed E-state index contributed by atoms with van der Waals surface area (Å²) in [6, 6.07) is 0. The molecule has 0 amide bonds. The minimum absolute atomic E-state index is 0.0736. The number of unbranched alkanes of at least 4 members (excludes halogenated alkanes) is 84. The van der Waals surface area contributed by atoms with E-state index < -0.39 is 23.9 Å². The Kier molecular flexibility index (Phi) is 145. The maximum absolute atomic E-state index is 10.3. The van der Waals surface area contributed by atoms with Crippen LogP contribution in [0.1, 0.15) is 672 Å². The van der Waals surface area contributed by atoms with Crippen LogP contribution in [-0.2, 0) is 19.2 Å². The average Bonchev–Trinajstić information content (AvgIpc) is 1.24. The van der Waals surface area contributed by atoms with Crippen LogP contribution in [0.25, 0.3) is 0 Å². The Hall–Kier alpha value is -0.523. The summed E-state index contributed by atoms with van der Waals surface area (Å²) < 4.78 is 6.63. The predicted octanol–water partition coefficient (Wildman–Crippen LogP) is 35.6. The molecule has 0 fully saturated rings. The molecule has 0 unspecified atom stereocenters. The van der Waals surface area contributed by atoms with Crippen molar-refractivity contribution in [2.75, 3.05) is 0 Å². The van der Waals surface area contributed by atoms with Gasteiger partial charge in [0.1, 0.15) is 0 Å². The molecular weight excluding hydrogens is 1710 g/mol. The summed E-state index contributed by atoms with van der Waals surface area (Å²) >= 11 is 0.147. The summed E-state index contributed by atoms with van der Waals surface area (Å²) in [6.45, 7) is 18.3. The van der Waals surface area contributed by atoms with Crippen LogP contribution in [0.5, 0.6) is 0 Å².